The van der Waals surface area contributed by atoms with Crippen LogP contribution < -0.4 is 15.0 Å². The summed E-state index contributed by atoms with van der Waals surface area (Å²) in [6.07, 6.45) is 0. The third-order valence-corrected chi connectivity index (χ3v) is 4.58. The average Bonchev–Trinajstić information content (AvgIpc) is 3.03. The highest BCUT2D eigenvalue weighted by molar-refractivity contribution is 6.07. The number of benzene rings is 2. The van der Waals surface area contributed by atoms with Gasteiger partial charge in [-0.3, -0.25) is 9.36 Å². The summed E-state index contributed by atoms with van der Waals surface area (Å²) in [7, 11) is 4.97. The molecular weight excluding hydrogens is 316 g/mol. The second-order valence-corrected chi connectivity index (χ2v) is 5.92. The van der Waals surface area contributed by atoms with Crippen molar-refractivity contribution < 1.29 is 9.47 Å². The standard InChI is InChI=1S/C20H18N2O3/c1-22-19-15(13-6-4-5-7-17(13)21-19)11-16(20(22)23)14-9-8-12(24-2)10-18(14)25-3/h4-11,21H,1-3H3. The van der Waals surface area contributed by atoms with Crippen molar-refractivity contribution in [2.75, 3.05) is 14.2 Å². The molecule has 5 nitrogen and oxygen atoms in total. The van der Waals surface area contributed by atoms with Gasteiger partial charge < -0.3 is 14.5 Å². The lowest BCUT2D eigenvalue weighted by Crippen LogP contribution is -2.19. The van der Waals surface area contributed by atoms with Gasteiger partial charge in [0.1, 0.15) is 17.1 Å². The molecule has 2 heterocycles. The molecule has 2 aromatic heterocycles. The maximum absolute atomic E-state index is 12.9. The van der Waals surface area contributed by atoms with Gasteiger partial charge in [-0.25, -0.2) is 0 Å². The van der Waals surface area contributed by atoms with Crippen molar-refractivity contribution in [1.82, 2.24) is 9.55 Å². The predicted octanol–water partition coefficient (Wildman–Crippen LogP) is 3.70. The van der Waals surface area contributed by atoms with Crippen LogP contribution in [-0.4, -0.2) is 23.8 Å². The van der Waals surface area contributed by atoms with Crippen molar-refractivity contribution >= 4 is 21.9 Å². The van der Waals surface area contributed by atoms with Gasteiger partial charge >= 0.3 is 0 Å². The quantitative estimate of drug-likeness (QED) is 0.621. The number of ether oxygens (including phenoxy) is 2. The number of pyridine rings is 1. The third kappa shape index (κ3) is 2.28. The number of hydrogen-bond donors (Lipinski definition) is 1. The van der Waals surface area contributed by atoms with Crippen LogP contribution in [0, 0.1) is 0 Å². The topological polar surface area (TPSA) is 56.2 Å². The van der Waals surface area contributed by atoms with Crippen molar-refractivity contribution in [3.63, 3.8) is 0 Å². The van der Waals surface area contributed by atoms with Crippen molar-refractivity contribution in [2.24, 2.45) is 7.05 Å². The first kappa shape index (κ1) is 15.3. The minimum Gasteiger partial charge on any atom is -0.497 e. The van der Waals surface area contributed by atoms with E-state index in [1.165, 1.54) is 0 Å². The van der Waals surface area contributed by atoms with Gasteiger partial charge in [-0.1, -0.05) is 18.2 Å². The number of methoxy groups -OCH3 is 2. The van der Waals surface area contributed by atoms with Gasteiger partial charge in [0.15, 0.2) is 0 Å². The molecule has 0 bridgehead atoms. The first-order chi connectivity index (χ1) is 12.1. The summed E-state index contributed by atoms with van der Waals surface area (Å²) in [5, 5.41) is 2.09. The van der Waals surface area contributed by atoms with Crippen LogP contribution in [-0.2, 0) is 7.05 Å². The fraction of sp³-hybridized carbons (Fsp3) is 0.150. The number of H-pyrrole nitrogens is 1. The van der Waals surface area contributed by atoms with E-state index in [1.807, 2.05) is 42.5 Å². The SMILES string of the molecule is COc1ccc(-c2cc3c4ccccc4[nH]c3n(C)c2=O)c(OC)c1. The number of aromatic nitrogens is 2. The van der Waals surface area contributed by atoms with Crippen molar-refractivity contribution in [2.45, 2.75) is 0 Å². The molecule has 5 heteroatoms. The molecule has 25 heavy (non-hydrogen) atoms. The highest BCUT2D eigenvalue weighted by atomic mass is 16.5. The number of aromatic amines is 1. The van der Waals surface area contributed by atoms with Gasteiger partial charge in [0, 0.05) is 35.0 Å². The molecule has 2 aromatic carbocycles. The molecular formula is C20H18N2O3. The summed E-state index contributed by atoms with van der Waals surface area (Å²) in [5.74, 6) is 1.29. The highest BCUT2D eigenvalue weighted by Gasteiger charge is 2.16. The summed E-state index contributed by atoms with van der Waals surface area (Å²) in [4.78, 5) is 16.3. The normalized spacial score (nSPS) is 11.2. The molecule has 4 rings (SSSR count). The Bertz CT molecular complexity index is 1150. The zero-order chi connectivity index (χ0) is 17.6. The van der Waals surface area contributed by atoms with E-state index in [9.17, 15) is 4.79 Å². The number of nitrogens with zero attached hydrogens (tertiary/aromatic N) is 1. The molecule has 0 atom stereocenters. The molecule has 0 spiro atoms. The Hall–Kier alpha value is -3.21. The Morgan fingerprint density at radius 2 is 1.72 bits per heavy atom. The van der Waals surface area contributed by atoms with Gasteiger partial charge in [0.05, 0.1) is 19.8 Å². The van der Waals surface area contributed by atoms with Crippen LogP contribution in [0.25, 0.3) is 33.1 Å². The van der Waals surface area contributed by atoms with Gasteiger partial charge in [-0.2, -0.15) is 0 Å². The average molecular weight is 334 g/mol. The Morgan fingerprint density at radius 3 is 2.48 bits per heavy atom. The van der Waals surface area contributed by atoms with Crippen molar-refractivity contribution in [3.8, 4) is 22.6 Å². The van der Waals surface area contributed by atoms with Gasteiger partial charge in [-0.15, -0.1) is 0 Å². The molecule has 0 fully saturated rings. The second-order valence-electron chi connectivity index (χ2n) is 5.92. The third-order valence-electron chi connectivity index (χ3n) is 4.58. The van der Waals surface area contributed by atoms with Crippen LogP contribution in [0.15, 0.2) is 53.3 Å². The molecule has 0 amide bonds. The Morgan fingerprint density at radius 1 is 0.920 bits per heavy atom. The van der Waals surface area contributed by atoms with Crippen molar-refractivity contribution in [1.29, 1.82) is 0 Å². The lowest BCUT2D eigenvalue weighted by Gasteiger charge is -2.11. The molecule has 0 aliphatic rings. The maximum Gasteiger partial charge on any atom is 0.259 e. The molecule has 0 radical (unpaired) electrons. The van der Waals surface area contributed by atoms with E-state index in [0.29, 0.717) is 17.1 Å². The second kappa shape index (κ2) is 5.70. The first-order valence-corrected chi connectivity index (χ1v) is 7.97. The smallest absolute Gasteiger partial charge is 0.259 e. The molecule has 126 valence electrons. The maximum atomic E-state index is 12.9. The molecule has 0 saturated carbocycles. The molecule has 0 saturated heterocycles. The van der Waals surface area contributed by atoms with E-state index in [2.05, 4.69) is 4.98 Å². The lowest BCUT2D eigenvalue weighted by molar-refractivity contribution is 0.395. The number of nitrogens with one attached hydrogen (secondary N) is 1. The van der Waals surface area contributed by atoms with E-state index in [0.717, 1.165) is 27.5 Å². The van der Waals surface area contributed by atoms with Gasteiger partial charge in [-0.05, 0) is 24.3 Å². The minimum atomic E-state index is -0.0810. The largest absolute Gasteiger partial charge is 0.497 e. The van der Waals surface area contributed by atoms with E-state index >= 15 is 0 Å². The summed E-state index contributed by atoms with van der Waals surface area (Å²) < 4.78 is 12.4. The van der Waals surface area contributed by atoms with Gasteiger partial charge in [0.25, 0.3) is 5.56 Å². The molecule has 1 N–H and O–H groups in total. The van der Waals surface area contributed by atoms with Crippen LogP contribution in [0.2, 0.25) is 0 Å². The summed E-state index contributed by atoms with van der Waals surface area (Å²) in [5.41, 5.74) is 3.08. The van der Waals surface area contributed by atoms with Crippen LogP contribution >= 0.6 is 0 Å². The summed E-state index contributed by atoms with van der Waals surface area (Å²) in [6, 6.07) is 15.4. The zero-order valence-electron chi connectivity index (χ0n) is 14.3. The first-order valence-electron chi connectivity index (χ1n) is 7.97. The number of aryl methyl sites for hydroxylation is 1. The molecule has 4 aromatic rings. The summed E-state index contributed by atoms with van der Waals surface area (Å²) in [6.45, 7) is 0. The van der Waals surface area contributed by atoms with Crippen LogP contribution in [0.4, 0.5) is 0 Å². The predicted molar refractivity (Wildman–Crippen MR) is 99.6 cm³/mol. The minimum absolute atomic E-state index is 0.0810. The number of fused-ring (bicyclic) bond motifs is 3. The Kier molecular flexibility index (Phi) is 3.50. The number of hydrogen-bond acceptors (Lipinski definition) is 3. The van der Waals surface area contributed by atoms with E-state index in [1.54, 1.807) is 31.9 Å². The molecule has 0 unspecified atom stereocenters. The molecule has 0 aliphatic carbocycles. The number of rotatable bonds is 3. The van der Waals surface area contributed by atoms with Crippen molar-refractivity contribution in [3.05, 3.63) is 58.9 Å². The number of para-hydroxylation sites is 1. The van der Waals surface area contributed by atoms with Crippen LogP contribution in [0.5, 0.6) is 11.5 Å². The summed E-state index contributed by atoms with van der Waals surface area (Å²) >= 11 is 0. The van der Waals surface area contributed by atoms with Crippen LogP contribution in [0.3, 0.4) is 0 Å². The Labute approximate surface area is 144 Å². The Balaban J connectivity index is 2.07. The zero-order valence-corrected chi connectivity index (χ0v) is 14.3. The van der Waals surface area contributed by atoms with Crippen LogP contribution in [0.1, 0.15) is 0 Å². The van der Waals surface area contributed by atoms with E-state index in [4.69, 9.17) is 9.47 Å². The lowest BCUT2D eigenvalue weighted by atomic mass is 10.0. The fourth-order valence-corrected chi connectivity index (χ4v) is 3.26. The fourth-order valence-electron chi connectivity index (χ4n) is 3.26. The highest BCUT2D eigenvalue weighted by Crippen LogP contribution is 2.34. The van der Waals surface area contributed by atoms with E-state index in [-0.39, 0.29) is 5.56 Å². The van der Waals surface area contributed by atoms with E-state index < -0.39 is 0 Å². The van der Waals surface area contributed by atoms with Gasteiger partial charge in [0.2, 0.25) is 0 Å². The monoisotopic (exact) mass is 334 g/mol. The molecule has 0 aliphatic heterocycles.